The van der Waals surface area contributed by atoms with E-state index in [9.17, 15) is 0 Å². The summed E-state index contributed by atoms with van der Waals surface area (Å²) in [5.74, 6) is 0.978. The van der Waals surface area contributed by atoms with Crippen molar-refractivity contribution in [2.24, 2.45) is 5.73 Å². The molecule has 1 aliphatic rings. The van der Waals surface area contributed by atoms with Crippen molar-refractivity contribution < 1.29 is 4.74 Å². The smallest absolute Gasteiger partial charge is 0.165 e. The summed E-state index contributed by atoms with van der Waals surface area (Å²) in [7, 11) is 0. The lowest BCUT2D eigenvalue weighted by molar-refractivity contribution is 0.00490. The molecule has 0 atom stereocenters. The summed E-state index contributed by atoms with van der Waals surface area (Å²) in [6.07, 6.45) is 5.79. The van der Waals surface area contributed by atoms with E-state index in [-0.39, 0.29) is 0 Å². The van der Waals surface area contributed by atoms with Crippen LogP contribution in [-0.4, -0.2) is 57.5 Å². The fourth-order valence-electron chi connectivity index (χ4n) is 2.59. The summed E-state index contributed by atoms with van der Waals surface area (Å²) in [5, 5.41) is 12.0. The molecular weight excluding hydrogens is 268 g/mol. The first-order valence-corrected chi connectivity index (χ1v) is 8.12. The monoisotopic (exact) mass is 296 g/mol. The average Bonchev–Trinajstić information content (AvgIpc) is 2.94. The Labute approximate surface area is 126 Å². The van der Waals surface area contributed by atoms with Gasteiger partial charge in [-0.05, 0) is 42.7 Å². The lowest BCUT2D eigenvalue weighted by Gasteiger charge is -2.31. The van der Waals surface area contributed by atoms with E-state index in [1.807, 2.05) is 4.68 Å². The zero-order valence-electron chi connectivity index (χ0n) is 13.1. The van der Waals surface area contributed by atoms with E-state index in [0.717, 1.165) is 70.7 Å². The van der Waals surface area contributed by atoms with Gasteiger partial charge in [-0.3, -0.25) is 4.90 Å². The summed E-state index contributed by atoms with van der Waals surface area (Å²) in [4.78, 5) is 2.41. The Morgan fingerprint density at radius 3 is 2.81 bits per heavy atom. The number of hydrogen-bond donors (Lipinski definition) is 1. The fraction of sp³-hybridized carbons (Fsp3) is 0.929. The van der Waals surface area contributed by atoms with Gasteiger partial charge in [0.05, 0.1) is 12.6 Å². The number of aromatic nitrogens is 4. The van der Waals surface area contributed by atoms with Crippen LogP contribution in [0.5, 0.6) is 0 Å². The molecule has 0 bridgehead atoms. The number of tetrazole rings is 1. The SMILES string of the molecule is CCCCn1nnnc1CN1CCC(OCCCN)CC1. The second-order valence-electron chi connectivity index (χ2n) is 5.66. The first-order valence-electron chi connectivity index (χ1n) is 8.12. The van der Waals surface area contributed by atoms with Gasteiger partial charge in [0.2, 0.25) is 0 Å². The van der Waals surface area contributed by atoms with Crippen molar-refractivity contribution in [3.63, 3.8) is 0 Å². The molecule has 7 heteroatoms. The fourth-order valence-corrected chi connectivity index (χ4v) is 2.59. The van der Waals surface area contributed by atoms with Crippen LogP contribution < -0.4 is 5.73 Å². The summed E-state index contributed by atoms with van der Waals surface area (Å²) < 4.78 is 7.77. The molecule has 1 saturated heterocycles. The number of hydrogen-bond acceptors (Lipinski definition) is 6. The first-order chi connectivity index (χ1) is 10.3. The van der Waals surface area contributed by atoms with E-state index in [1.54, 1.807) is 0 Å². The number of rotatable bonds is 9. The maximum Gasteiger partial charge on any atom is 0.165 e. The van der Waals surface area contributed by atoms with Crippen LogP contribution in [0.15, 0.2) is 0 Å². The Bertz CT molecular complexity index is 389. The van der Waals surface area contributed by atoms with Crippen molar-refractivity contribution in [2.75, 3.05) is 26.2 Å². The highest BCUT2D eigenvalue weighted by atomic mass is 16.5. The summed E-state index contributed by atoms with van der Waals surface area (Å²) in [6.45, 7) is 7.53. The molecular formula is C14H28N6O. The number of nitrogens with two attached hydrogens (primary N) is 1. The van der Waals surface area contributed by atoms with Crippen LogP contribution in [0.2, 0.25) is 0 Å². The highest BCUT2D eigenvalue weighted by Gasteiger charge is 2.21. The number of ether oxygens (including phenoxy) is 1. The predicted octanol–water partition coefficient (Wildman–Crippen LogP) is 0.803. The Hall–Kier alpha value is -1.05. The van der Waals surface area contributed by atoms with Gasteiger partial charge in [-0.15, -0.1) is 5.10 Å². The minimum Gasteiger partial charge on any atom is -0.378 e. The second-order valence-corrected chi connectivity index (χ2v) is 5.66. The summed E-state index contributed by atoms with van der Waals surface area (Å²) in [5.41, 5.74) is 5.48. The molecule has 0 spiro atoms. The van der Waals surface area contributed by atoms with Gasteiger partial charge in [-0.1, -0.05) is 13.3 Å². The van der Waals surface area contributed by atoms with E-state index in [2.05, 4.69) is 27.3 Å². The van der Waals surface area contributed by atoms with Crippen molar-refractivity contribution in [1.29, 1.82) is 0 Å². The molecule has 0 amide bonds. The van der Waals surface area contributed by atoms with Crippen molar-refractivity contribution in [3.05, 3.63) is 5.82 Å². The van der Waals surface area contributed by atoms with Gasteiger partial charge in [0.1, 0.15) is 0 Å². The topological polar surface area (TPSA) is 82.1 Å². The average molecular weight is 296 g/mol. The molecule has 2 N–H and O–H groups in total. The third kappa shape index (κ3) is 5.33. The van der Waals surface area contributed by atoms with Gasteiger partial charge in [-0.25, -0.2) is 4.68 Å². The second kappa shape index (κ2) is 9.07. The Balaban J connectivity index is 1.72. The zero-order valence-corrected chi connectivity index (χ0v) is 13.1. The van der Waals surface area contributed by atoms with Crippen LogP contribution in [0.3, 0.4) is 0 Å². The molecule has 7 nitrogen and oxygen atoms in total. The number of aryl methyl sites for hydroxylation is 1. The molecule has 120 valence electrons. The van der Waals surface area contributed by atoms with E-state index in [4.69, 9.17) is 10.5 Å². The highest BCUT2D eigenvalue weighted by molar-refractivity contribution is 4.83. The molecule has 1 aromatic heterocycles. The van der Waals surface area contributed by atoms with Crippen LogP contribution in [0, 0.1) is 0 Å². The van der Waals surface area contributed by atoms with E-state index in [0.29, 0.717) is 12.6 Å². The summed E-state index contributed by atoms with van der Waals surface area (Å²) >= 11 is 0. The number of likely N-dealkylation sites (tertiary alicyclic amines) is 1. The quantitative estimate of drug-likeness (QED) is 0.679. The Morgan fingerprint density at radius 2 is 2.10 bits per heavy atom. The van der Waals surface area contributed by atoms with Gasteiger partial charge in [0.25, 0.3) is 0 Å². The highest BCUT2D eigenvalue weighted by Crippen LogP contribution is 2.15. The van der Waals surface area contributed by atoms with Crippen LogP contribution in [0.4, 0.5) is 0 Å². The molecule has 1 aromatic rings. The molecule has 1 fully saturated rings. The molecule has 0 radical (unpaired) electrons. The maximum absolute atomic E-state index is 5.83. The molecule has 2 rings (SSSR count). The van der Waals surface area contributed by atoms with Crippen molar-refractivity contribution in [1.82, 2.24) is 25.1 Å². The molecule has 1 aliphatic heterocycles. The van der Waals surface area contributed by atoms with Crippen LogP contribution in [0.25, 0.3) is 0 Å². The third-order valence-electron chi connectivity index (χ3n) is 3.93. The zero-order chi connectivity index (χ0) is 14.9. The Kier molecular flexibility index (Phi) is 7.05. The normalized spacial score (nSPS) is 17.4. The molecule has 0 saturated carbocycles. The molecule has 2 heterocycles. The predicted molar refractivity (Wildman–Crippen MR) is 80.6 cm³/mol. The van der Waals surface area contributed by atoms with E-state index >= 15 is 0 Å². The van der Waals surface area contributed by atoms with Gasteiger partial charge in [0.15, 0.2) is 5.82 Å². The van der Waals surface area contributed by atoms with Crippen LogP contribution in [0.1, 0.15) is 44.9 Å². The van der Waals surface area contributed by atoms with E-state index < -0.39 is 0 Å². The lowest BCUT2D eigenvalue weighted by atomic mass is 10.1. The maximum atomic E-state index is 5.83. The van der Waals surface area contributed by atoms with Gasteiger partial charge in [0, 0.05) is 26.2 Å². The minimum atomic E-state index is 0.392. The molecule has 0 aromatic carbocycles. The Morgan fingerprint density at radius 1 is 1.29 bits per heavy atom. The van der Waals surface area contributed by atoms with Crippen molar-refractivity contribution in [2.45, 2.75) is 58.2 Å². The molecule has 0 aliphatic carbocycles. The van der Waals surface area contributed by atoms with Gasteiger partial charge < -0.3 is 10.5 Å². The van der Waals surface area contributed by atoms with Crippen molar-refractivity contribution >= 4 is 0 Å². The van der Waals surface area contributed by atoms with Gasteiger partial charge in [-0.2, -0.15) is 0 Å². The summed E-state index contributed by atoms with van der Waals surface area (Å²) in [6, 6.07) is 0. The number of nitrogens with zero attached hydrogens (tertiary/aromatic N) is 5. The van der Waals surface area contributed by atoms with Gasteiger partial charge >= 0.3 is 0 Å². The van der Waals surface area contributed by atoms with Crippen LogP contribution >= 0.6 is 0 Å². The number of piperidine rings is 1. The lowest BCUT2D eigenvalue weighted by Crippen LogP contribution is -2.37. The van der Waals surface area contributed by atoms with Crippen molar-refractivity contribution in [3.8, 4) is 0 Å². The van der Waals surface area contributed by atoms with Crippen LogP contribution in [-0.2, 0) is 17.8 Å². The standard InChI is InChI=1S/C14H28N6O/c1-2-3-8-20-14(16-17-18-20)12-19-9-5-13(6-10-19)21-11-4-7-15/h13H,2-12,15H2,1H3. The van der Waals surface area contributed by atoms with E-state index in [1.165, 1.54) is 0 Å². The largest absolute Gasteiger partial charge is 0.378 e. The minimum absolute atomic E-state index is 0.392. The third-order valence-corrected chi connectivity index (χ3v) is 3.93. The number of unbranched alkanes of at least 4 members (excludes halogenated alkanes) is 1. The molecule has 0 unspecified atom stereocenters. The molecule has 21 heavy (non-hydrogen) atoms. The first kappa shape index (κ1) is 16.3.